The molecule has 270 valence electrons. The van der Waals surface area contributed by atoms with Gasteiger partial charge in [-0.05, 0) is 100 Å². The molecule has 1 aromatic carbocycles. The average molecular weight is 689 g/mol. The van der Waals surface area contributed by atoms with Crippen LogP contribution in [-0.2, 0) is 30.2 Å². The van der Waals surface area contributed by atoms with E-state index in [1.807, 2.05) is 59.8 Å². The molecule has 50 heavy (non-hydrogen) atoms. The summed E-state index contributed by atoms with van der Waals surface area (Å²) in [4.78, 5) is 42.4. The average Bonchev–Trinajstić information content (AvgIpc) is 3.16. The molecule has 7 atom stereocenters. The molecule has 1 saturated heterocycles. The van der Waals surface area contributed by atoms with Crippen molar-refractivity contribution in [3.8, 4) is 17.2 Å². The number of ether oxygens (including phenoxy) is 5. The highest BCUT2D eigenvalue weighted by molar-refractivity contribution is 6.10. The number of fused-ring (bicyclic) bond motifs is 2. The molecule has 6 aliphatic rings. The van der Waals surface area contributed by atoms with Crippen LogP contribution >= 0.6 is 0 Å². The number of benzene rings is 1. The van der Waals surface area contributed by atoms with Gasteiger partial charge in [0.25, 0.3) is 0 Å². The van der Waals surface area contributed by atoms with Crippen LogP contribution in [0.15, 0.2) is 41.5 Å². The minimum Gasteiger partial charge on any atom is -0.506 e. The number of esters is 1. The summed E-state index contributed by atoms with van der Waals surface area (Å²) in [6.45, 7) is 18.1. The molecule has 3 heterocycles. The maximum Gasteiger partial charge on any atom is 0.330 e. The Morgan fingerprint density at radius 2 is 1.74 bits per heavy atom. The van der Waals surface area contributed by atoms with E-state index >= 15 is 4.79 Å². The highest BCUT2D eigenvalue weighted by Crippen LogP contribution is 2.70. The monoisotopic (exact) mass is 688 g/mol. The zero-order valence-corrected chi connectivity index (χ0v) is 30.9. The van der Waals surface area contributed by atoms with Crippen molar-refractivity contribution in [3.63, 3.8) is 0 Å². The first kappa shape index (κ1) is 36.1. The minimum absolute atomic E-state index is 0.000928. The van der Waals surface area contributed by atoms with E-state index in [1.54, 1.807) is 13.0 Å². The van der Waals surface area contributed by atoms with Gasteiger partial charge < -0.3 is 28.8 Å². The van der Waals surface area contributed by atoms with E-state index < -0.39 is 46.3 Å². The molecule has 4 fully saturated rings. The molecule has 3 unspecified atom stereocenters. The molecule has 4 bridgehead atoms. The van der Waals surface area contributed by atoms with Crippen molar-refractivity contribution in [1.29, 1.82) is 0 Å². The zero-order valence-electron chi connectivity index (χ0n) is 30.9. The molecule has 3 saturated carbocycles. The van der Waals surface area contributed by atoms with Crippen molar-refractivity contribution >= 4 is 23.6 Å². The summed E-state index contributed by atoms with van der Waals surface area (Å²) < 4.78 is 32.4. The Labute approximate surface area is 295 Å². The maximum atomic E-state index is 15.2. The van der Waals surface area contributed by atoms with Crippen LogP contribution in [0, 0.1) is 17.8 Å². The Morgan fingerprint density at radius 1 is 1.02 bits per heavy atom. The van der Waals surface area contributed by atoms with Gasteiger partial charge in [0.15, 0.2) is 22.8 Å². The maximum absolute atomic E-state index is 15.2. The standard InChI is InChI=1S/C41H52O9/c1-10-46-29(42)15-13-20-40-37(45)27-22-28(38(7,8)50-40)41(40)31(36(27)47-11-2)33(44)30-32(43)25-18-21-39(9,19-12-14-23(3)4)48-34(25)26(35(30)49-41)17-16-24(5)6/h13-16,18,21,27-28,31,36,43H,10-12,17,19-20,22H2,1-9H3/b15-13+/t27-,28?,31?,36?,39+,40-,41-/m0/s1. The lowest BCUT2D eigenvalue weighted by Gasteiger charge is -2.62. The molecule has 1 aromatic rings. The fourth-order valence-corrected chi connectivity index (χ4v) is 9.27. The largest absolute Gasteiger partial charge is 0.506 e. The molecule has 3 aliphatic heterocycles. The van der Waals surface area contributed by atoms with Crippen LogP contribution in [0.5, 0.6) is 17.2 Å². The normalized spacial score (nSPS) is 32.5. The molecule has 9 heteroatoms. The number of phenols is 1. The van der Waals surface area contributed by atoms with Gasteiger partial charge in [-0.15, -0.1) is 0 Å². The number of ketones is 2. The second kappa shape index (κ2) is 12.8. The smallest absolute Gasteiger partial charge is 0.330 e. The van der Waals surface area contributed by atoms with E-state index in [1.165, 1.54) is 11.6 Å². The number of hydrogen-bond acceptors (Lipinski definition) is 9. The summed E-state index contributed by atoms with van der Waals surface area (Å²) in [5.74, 6) is -2.54. The van der Waals surface area contributed by atoms with Gasteiger partial charge in [-0.25, -0.2) is 4.79 Å². The molecule has 7 rings (SSSR count). The fourth-order valence-electron chi connectivity index (χ4n) is 9.27. The van der Waals surface area contributed by atoms with E-state index in [0.717, 1.165) is 12.0 Å². The van der Waals surface area contributed by atoms with Crippen molar-refractivity contribution in [1.82, 2.24) is 0 Å². The second-order valence-electron chi connectivity index (χ2n) is 15.6. The van der Waals surface area contributed by atoms with Gasteiger partial charge in [-0.1, -0.05) is 29.4 Å². The number of carbonyl (C=O) groups is 3. The Kier molecular flexibility index (Phi) is 9.26. The Balaban J connectivity index is 1.59. The van der Waals surface area contributed by atoms with Crippen LogP contribution in [0.3, 0.4) is 0 Å². The molecule has 0 aromatic heterocycles. The Morgan fingerprint density at radius 3 is 2.40 bits per heavy atom. The predicted molar refractivity (Wildman–Crippen MR) is 189 cm³/mol. The summed E-state index contributed by atoms with van der Waals surface area (Å²) in [6, 6.07) is 0. The first-order chi connectivity index (χ1) is 23.6. The van der Waals surface area contributed by atoms with E-state index in [9.17, 15) is 14.7 Å². The van der Waals surface area contributed by atoms with E-state index in [-0.39, 0.29) is 54.2 Å². The molecule has 0 amide bonds. The lowest BCUT2D eigenvalue weighted by atomic mass is 9.45. The molecule has 1 N–H and O–H groups in total. The molecular formula is C41H52O9. The van der Waals surface area contributed by atoms with Crippen molar-refractivity contribution in [2.45, 2.75) is 123 Å². The summed E-state index contributed by atoms with van der Waals surface area (Å²) in [7, 11) is 0. The van der Waals surface area contributed by atoms with Gasteiger partial charge in [-0.2, -0.15) is 0 Å². The van der Waals surface area contributed by atoms with Gasteiger partial charge >= 0.3 is 5.97 Å². The van der Waals surface area contributed by atoms with Crippen LogP contribution in [0.2, 0.25) is 0 Å². The van der Waals surface area contributed by atoms with Gasteiger partial charge in [0.05, 0.1) is 29.8 Å². The molecular weight excluding hydrogens is 636 g/mol. The number of rotatable bonds is 11. The molecule has 9 nitrogen and oxygen atoms in total. The van der Waals surface area contributed by atoms with Crippen molar-refractivity contribution in [3.05, 3.63) is 58.2 Å². The first-order valence-corrected chi connectivity index (χ1v) is 18.1. The van der Waals surface area contributed by atoms with Crippen molar-refractivity contribution in [2.24, 2.45) is 17.8 Å². The SMILES string of the molecule is CCOC(=O)/C=C/C[C@]12OC(C)(C)C3C[C@H](C1=O)C(OCC)C1C(=O)c4c(O)c5c(c(CC=C(C)C)c4O[C@]132)O[C@](C)(CCC=C(C)C)C=C5. The van der Waals surface area contributed by atoms with Gasteiger partial charge in [0.2, 0.25) is 0 Å². The van der Waals surface area contributed by atoms with Gasteiger partial charge in [0.1, 0.15) is 28.4 Å². The summed E-state index contributed by atoms with van der Waals surface area (Å²) >= 11 is 0. The minimum atomic E-state index is -1.60. The summed E-state index contributed by atoms with van der Waals surface area (Å²) in [5, 5.41) is 12.0. The number of carbonyl (C=O) groups excluding carboxylic acids is 3. The lowest BCUT2D eigenvalue weighted by molar-refractivity contribution is -0.226. The van der Waals surface area contributed by atoms with Crippen molar-refractivity contribution in [2.75, 3.05) is 13.2 Å². The Bertz CT molecular complexity index is 1720. The van der Waals surface area contributed by atoms with Crippen LogP contribution in [0.4, 0.5) is 0 Å². The fraction of sp³-hybridized carbons (Fsp3) is 0.585. The number of allylic oxidation sites excluding steroid dienone is 4. The number of aromatic hydroxyl groups is 1. The van der Waals surface area contributed by atoms with Crippen LogP contribution in [-0.4, -0.2) is 64.4 Å². The van der Waals surface area contributed by atoms with Crippen LogP contribution in [0.1, 0.15) is 109 Å². The summed E-state index contributed by atoms with van der Waals surface area (Å²) in [6.07, 6.45) is 12.4. The topological polar surface area (TPSA) is 118 Å². The lowest BCUT2D eigenvalue weighted by Crippen LogP contribution is -2.80. The summed E-state index contributed by atoms with van der Waals surface area (Å²) in [5.41, 5.74) is -1.20. The second-order valence-corrected chi connectivity index (χ2v) is 15.6. The number of Topliss-reactive ketones (excluding diaryl/α,β-unsaturated/α-hetero) is 2. The van der Waals surface area contributed by atoms with Crippen LogP contribution in [0.25, 0.3) is 6.08 Å². The van der Waals surface area contributed by atoms with E-state index in [2.05, 4.69) is 19.9 Å². The third-order valence-electron chi connectivity index (χ3n) is 11.3. The predicted octanol–water partition coefficient (Wildman–Crippen LogP) is 7.42. The van der Waals surface area contributed by atoms with Crippen LogP contribution < -0.4 is 9.47 Å². The third kappa shape index (κ3) is 5.38. The molecule has 1 spiro atoms. The Hall–Kier alpha value is -3.69. The quantitative estimate of drug-likeness (QED) is 0.144. The van der Waals surface area contributed by atoms with Crippen molar-refractivity contribution < 1.29 is 43.2 Å². The third-order valence-corrected chi connectivity index (χ3v) is 11.3. The molecule has 3 aliphatic carbocycles. The van der Waals surface area contributed by atoms with E-state index in [4.69, 9.17) is 23.7 Å². The highest BCUT2D eigenvalue weighted by atomic mass is 16.6. The zero-order chi connectivity index (χ0) is 36.4. The van der Waals surface area contributed by atoms with Gasteiger partial charge in [-0.3, -0.25) is 9.59 Å². The number of phenolic OH excluding ortho intramolecular Hbond substituents is 1. The van der Waals surface area contributed by atoms with Gasteiger partial charge in [0, 0.05) is 36.5 Å². The number of hydrogen-bond donors (Lipinski definition) is 1. The van der Waals surface area contributed by atoms with E-state index in [0.29, 0.717) is 36.1 Å². The molecule has 0 radical (unpaired) electrons. The highest BCUT2D eigenvalue weighted by Gasteiger charge is 2.85. The first-order valence-electron chi connectivity index (χ1n) is 18.1.